The fourth-order valence-corrected chi connectivity index (χ4v) is 2.50. The topological polar surface area (TPSA) is 80.1 Å². The molecule has 0 bridgehead atoms. The molecule has 1 aliphatic heterocycles. The van der Waals surface area contributed by atoms with Gasteiger partial charge in [0.15, 0.2) is 11.6 Å². The number of aromatic nitrogens is 4. The van der Waals surface area contributed by atoms with Crippen LogP contribution in [0.3, 0.4) is 0 Å². The van der Waals surface area contributed by atoms with Crippen LogP contribution in [0.15, 0.2) is 4.42 Å². The van der Waals surface area contributed by atoms with Crippen molar-refractivity contribution in [1.29, 1.82) is 0 Å². The van der Waals surface area contributed by atoms with E-state index in [4.69, 9.17) is 9.15 Å². The van der Waals surface area contributed by atoms with Gasteiger partial charge >= 0.3 is 0 Å². The lowest BCUT2D eigenvalue weighted by atomic mass is 10.2. The molecule has 7 heteroatoms. The summed E-state index contributed by atoms with van der Waals surface area (Å²) in [5, 5.41) is 7.25. The van der Waals surface area contributed by atoms with Crippen LogP contribution in [0.4, 0.5) is 0 Å². The zero-order valence-corrected chi connectivity index (χ0v) is 13.6. The molecule has 0 unspecified atom stereocenters. The average molecular weight is 305 g/mol. The zero-order chi connectivity index (χ0) is 15.7. The van der Waals surface area contributed by atoms with Gasteiger partial charge in [-0.3, -0.25) is 10.00 Å². The summed E-state index contributed by atoms with van der Waals surface area (Å²) in [5.74, 6) is 3.58. The van der Waals surface area contributed by atoms with Crippen LogP contribution in [0.1, 0.15) is 54.9 Å². The lowest BCUT2D eigenvalue weighted by Crippen LogP contribution is -2.38. The normalized spacial score (nSPS) is 20.0. The molecule has 22 heavy (non-hydrogen) atoms. The highest BCUT2D eigenvalue weighted by molar-refractivity contribution is 5.05. The van der Waals surface area contributed by atoms with Crippen molar-refractivity contribution in [2.24, 2.45) is 0 Å². The average Bonchev–Trinajstić information content (AvgIpc) is 3.07. The third-order valence-electron chi connectivity index (χ3n) is 3.92. The Morgan fingerprint density at radius 2 is 2.14 bits per heavy atom. The second kappa shape index (κ2) is 6.18. The highest BCUT2D eigenvalue weighted by Crippen LogP contribution is 2.22. The van der Waals surface area contributed by atoms with E-state index in [-0.39, 0.29) is 6.10 Å². The maximum Gasteiger partial charge on any atom is 0.208 e. The van der Waals surface area contributed by atoms with Crippen LogP contribution in [-0.4, -0.2) is 44.8 Å². The van der Waals surface area contributed by atoms with Crippen molar-refractivity contribution < 1.29 is 9.15 Å². The molecular formula is C15H23N5O2. The highest BCUT2D eigenvalue weighted by atomic mass is 16.5. The van der Waals surface area contributed by atoms with Crippen molar-refractivity contribution in [3.8, 4) is 0 Å². The number of morpholine rings is 1. The second-order valence-corrected chi connectivity index (χ2v) is 6.08. The maximum atomic E-state index is 5.83. The minimum Gasteiger partial charge on any atom is -0.444 e. The molecule has 0 aromatic carbocycles. The molecule has 3 rings (SSSR count). The van der Waals surface area contributed by atoms with Crippen LogP contribution in [0, 0.1) is 13.8 Å². The molecule has 1 N–H and O–H groups in total. The summed E-state index contributed by atoms with van der Waals surface area (Å²) in [6, 6.07) is 0. The SMILES string of the molecule is Cc1nc(CN2CCO[C@H](c3nc(C(C)C)n[nH]3)C2)oc1C. The molecule has 1 fully saturated rings. The molecule has 2 aromatic rings. The molecule has 2 aromatic heterocycles. The Balaban J connectivity index is 1.65. The number of hydrogen-bond donors (Lipinski definition) is 1. The molecule has 0 saturated carbocycles. The number of aryl methyl sites for hydroxylation is 2. The predicted octanol–water partition coefficient (Wildman–Crippen LogP) is 2.11. The van der Waals surface area contributed by atoms with Crippen molar-refractivity contribution >= 4 is 0 Å². The van der Waals surface area contributed by atoms with Gasteiger partial charge < -0.3 is 9.15 Å². The van der Waals surface area contributed by atoms with E-state index < -0.39 is 0 Å². The van der Waals surface area contributed by atoms with E-state index in [1.165, 1.54) is 0 Å². The fraction of sp³-hybridized carbons (Fsp3) is 0.667. The monoisotopic (exact) mass is 305 g/mol. The van der Waals surface area contributed by atoms with Crippen LogP contribution >= 0.6 is 0 Å². The van der Waals surface area contributed by atoms with Crippen LogP contribution < -0.4 is 0 Å². The Morgan fingerprint density at radius 3 is 2.77 bits per heavy atom. The van der Waals surface area contributed by atoms with Gasteiger partial charge in [-0.1, -0.05) is 13.8 Å². The molecular weight excluding hydrogens is 282 g/mol. The smallest absolute Gasteiger partial charge is 0.208 e. The Labute approximate surface area is 130 Å². The standard InChI is InChI=1S/C15H23N5O2/c1-9(2)14-17-15(19-18-14)12-7-20(5-6-21-12)8-13-16-10(3)11(4)22-13/h9,12H,5-8H2,1-4H3,(H,17,18,19)/t12-/m0/s1. The molecule has 1 atom stereocenters. The van der Waals surface area contributed by atoms with E-state index >= 15 is 0 Å². The van der Waals surface area contributed by atoms with Crippen LogP contribution in [-0.2, 0) is 11.3 Å². The fourth-order valence-electron chi connectivity index (χ4n) is 2.50. The van der Waals surface area contributed by atoms with Gasteiger partial charge in [-0.25, -0.2) is 9.97 Å². The molecule has 3 heterocycles. The number of rotatable bonds is 4. The lowest BCUT2D eigenvalue weighted by Gasteiger charge is -2.30. The largest absolute Gasteiger partial charge is 0.444 e. The third kappa shape index (κ3) is 3.20. The van der Waals surface area contributed by atoms with Gasteiger partial charge in [-0.15, -0.1) is 0 Å². The first-order valence-corrected chi connectivity index (χ1v) is 7.72. The highest BCUT2D eigenvalue weighted by Gasteiger charge is 2.26. The van der Waals surface area contributed by atoms with Gasteiger partial charge in [0.1, 0.15) is 11.9 Å². The Morgan fingerprint density at radius 1 is 1.32 bits per heavy atom. The quantitative estimate of drug-likeness (QED) is 0.932. The number of oxazole rings is 1. The first-order valence-electron chi connectivity index (χ1n) is 7.72. The summed E-state index contributed by atoms with van der Waals surface area (Å²) in [5.41, 5.74) is 0.955. The molecule has 0 amide bonds. The van der Waals surface area contributed by atoms with Gasteiger partial charge in [-0.2, -0.15) is 5.10 Å². The van der Waals surface area contributed by atoms with Gasteiger partial charge in [0.05, 0.1) is 18.8 Å². The van der Waals surface area contributed by atoms with E-state index in [1.54, 1.807) is 0 Å². The van der Waals surface area contributed by atoms with Crippen LogP contribution in [0.25, 0.3) is 0 Å². The molecule has 1 saturated heterocycles. The first kappa shape index (κ1) is 15.2. The summed E-state index contributed by atoms with van der Waals surface area (Å²) in [7, 11) is 0. The lowest BCUT2D eigenvalue weighted by molar-refractivity contribution is -0.0393. The van der Waals surface area contributed by atoms with E-state index in [1.807, 2.05) is 13.8 Å². The molecule has 0 radical (unpaired) electrons. The number of nitrogens with zero attached hydrogens (tertiary/aromatic N) is 4. The number of ether oxygens (including phenoxy) is 1. The third-order valence-corrected chi connectivity index (χ3v) is 3.92. The van der Waals surface area contributed by atoms with Crippen LogP contribution in [0.2, 0.25) is 0 Å². The molecule has 1 aliphatic rings. The molecule has 0 aliphatic carbocycles. The summed E-state index contributed by atoms with van der Waals surface area (Å²) in [6.45, 7) is 11.0. The van der Waals surface area contributed by atoms with Gasteiger partial charge in [0.2, 0.25) is 5.89 Å². The molecule has 120 valence electrons. The minimum absolute atomic E-state index is 0.0779. The zero-order valence-electron chi connectivity index (χ0n) is 13.6. The molecule has 7 nitrogen and oxygen atoms in total. The maximum absolute atomic E-state index is 5.83. The Kier molecular flexibility index (Phi) is 4.26. The summed E-state index contributed by atoms with van der Waals surface area (Å²) in [6.07, 6.45) is -0.0779. The summed E-state index contributed by atoms with van der Waals surface area (Å²) < 4.78 is 11.5. The second-order valence-electron chi connectivity index (χ2n) is 6.08. The van der Waals surface area contributed by atoms with E-state index in [9.17, 15) is 0 Å². The van der Waals surface area contributed by atoms with Crippen molar-refractivity contribution in [2.75, 3.05) is 19.7 Å². The number of nitrogens with one attached hydrogen (secondary N) is 1. The number of aromatic amines is 1. The number of hydrogen-bond acceptors (Lipinski definition) is 6. The predicted molar refractivity (Wildman–Crippen MR) is 80.4 cm³/mol. The van der Waals surface area contributed by atoms with Crippen molar-refractivity contribution in [2.45, 2.75) is 46.3 Å². The minimum atomic E-state index is -0.0779. The summed E-state index contributed by atoms with van der Waals surface area (Å²) >= 11 is 0. The van der Waals surface area contributed by atoms with Crippen molar-refractivity contribution in [1.82, 2.24) is 25.1 Å². The van der Waals surface area contributed by atoms with Crippen LogP contribution in [0.5, 0.6) is 0 Å². The molecule has 0 spiro atoms. The first-order chi connectivity index (χ1) is 10.5. The Bertz CT molecular complexity index is 614. The van der Waals surface area contributed by atoms with Gasteiger partial charge in [0.25, 0.3) is 0 Å². The number of H-pyrrole nitrogens is 1. The van der Waals surface area contributed by atoms with Crippen molar-refractivity contribution in [3.63, 3.8) is 0 Å². The van der Waals surface area contributed by atoms with Gasteiger partial charge in [0, 0.05) is 19.0 Å². The van der Waals surface area contributed by atoms with E-state index in [0.717, 1.165) is 42.1 Å². The Hall–Kier alpha value is -1.73. The van der Waals surface area contributed by atoms with Gasteiger partial charge in [-0.05, 0) is 13.8 Å². The summed E-state index contributed by atoms with van der Waals surface area (Å²) in [4.78, 5) is 11.3. The van der Waals surface area contributed by atoms with Crippen molar-refractivity contribution in [3.05, 3.63) is 29.0 Å². The van der Waals surface area contributed by atoms with E-state index in [2.05, 4.69) is 38.9 Å². The van der Waals surface area contributed by atoms with E-state index in [0.29, 0.717) is 19.1 Å².